The summed E-state index contributed by atoms with van der Waals surface area (Å²) < 4.78 is 0. The summed E-state index contributed by atoms with van der Waals surface area (Å²) >= 11 is 6.05. The number of likely N-dealkylation sites (tertiary alicyclic amines) is 1. The van der Waals surface area contributed by atoms with E-state index in [-0.39, 0.29) is 17.9 Å². The molecule has 0 radical (unpaired) electrons. The first kappa shape index (κ1) is 19.4. The molecule has 5 nitrogen and oxygen atoms in total. The van der Waals surface area contributed by atoms with E-state index in [2.05, 4.69) is 9.97 Å². The minimum Gasteiger partial charge on any atom is -0.368 e. The molecule has 1 saturated heterocycles. The first-order valence-corrected chi connectivity index (χ1v) is 10.2. The molecule has 1 amide bonds. The summed E-state index contributed by atoms with van der Waals surface area (Å²) in [4.78, 5) is 23.9. The summed E-state index contributed by atoms with van der Waals surface area (Å²) in [5.41, 5.74) is 9.61. The largest absolute Gasteiger partial charge is 0.368 e. The standard InChI is InChI=1S/C23H23ClN4O/c24-18-11-9-17(10-12-18)19-15-26-23(25)27-22(19)20-8-4-5-13-28(20)21(29)14-16-6-2-1-3-7-16/h1-3,6-7,9-12,15,20H,4-5,8,13-14H2,(H2,25,26,27)/t20-/m1/s1. The van der Waals surface area contributed by atoms with Crippen LogP contribution in [0, 0.1) is 0 Å². The number of hydrogen-bond donors (Lipinski definition) is 1. The number of carbonyl (C=O) groups is 1. The van der Waals surface area contributed by atoms with Crippen LogP contribution in [0.2, 0.25) is 5.02 Å². The van der Waals surface area contributed by atoms with Gasteiger partial charge in [0.2, 0.25) is 11.9 Å². The van der Waals surface area contributed by atoms with Crippen molar-refractivity contribution in [1.82, 2.24) is 14.9 Å². The van der Waals surface area contributed by atoms with Crippen molar-refractivity contribution in [3.63, 3.8) is 0 Å². The van der Waals surface area contributed by atoms with Crippen LogP contribution in [0.15, 0.2) is 60.8 Å². The molecule has 1 aromatic heterocycles. The Bertz CT molecular complexity index is 992. The molecule has 4 rings (SSSR count). The minimum absolute atomic E-state index is 0.111. The van der Waals surface area contributed by atoms with E-state index >= 15 is 0 Å². The summed E-state index contributed by atoms with van der Waals surface area (Å²) in [5, 5.41) is 0.670. The Morgan fingerprint density at radius 1 is 1.10 bits per heavy atom. The van der Waals surface area contributed by atoms with Crippen LogP contribution in [-0.4, -0.2) is 27.3 Å². The number of nitrogens with two attached hydrogens (primary N) is 1. The molecule has 1 atom stereocenters. The molecule has 29 heavy (non-hydrogen) atoms. The predicted molar refractivity (Wildman–Crippen MR) is 115 cm³/mol. The van der Waals surface area contributed by atoms with Crippen molar-refractivity contribution >= 4 is 23.5 Å². The molecule has 6 heteroatoms. The number of rotatable bonds is 4. The Kier molecular flexibility index (Phi) is 5.76. The third-order valence-corrected chi connectivity index (χ3v) is 5.58. The monoisotopic (exact) mass is 406 g/mol. The number of benzene rings is 2. The van der Waals surface area contributed by atoms with Gasteiger partial charge in [0.25, 0.3) is 0 Å². The van der Waals surface area contributed by atoms with Crippen LogP contribution >= 0.6 is 11.6 Å². The van der Waals surface area contributed by atoms with E-state index in [1.165, 1.54) is 0 Å². The van der Waals surface area contributed by atoms with Crippen molar-refractivity contribution in [2.75, 3.05) is 12.3 Å². The number of halogens is 1. The predicted octanol–water partition coefficient (Wildman–Crippen LogP) is 4.68. The van der Waals surface area contributed by atoms with Crippen LogP contribution in [-0.2, 0) is 11.2 Å². The van der Waals surface area contributed by atoms with Gasteiger partial charge < -0.3 is 10.6 Å². The Morgan fingerprint density at radius 2 is 1.86 bits per heavy atom. The van der Waals surface area contributed by atoms with Gasteiger partial charge in [0.05, 0.1) is 18.2 Å². The summed E-state index contributed by atoms with van der Waals surface area (Å²) in [7, 11) is 0. The average molecular weight is 407 g/mol. The van der Waals surface area contributed by atoms with Gasteiger partial charge in [-0.2, -0.15) is 0 Å². The maximum atomic E-state index is 13.2. The molecule has 0 spiro atoms. The number of amides is 1. The molecule has 0 saturated carbocycles. The normalized spacial score (nSPS) is 16.6. The molecular weight excluding hydrogens is 384 g/mol. The minimum atomic E-state index is -0.115. The molecule has 2 aromatic carbocycles. The molecule has 1 fully saturated rings. The van der Waals surface area contributed by atoms with Crippen molar-refractivity contribution in [3.8, 4) is 11.1 Å². The zero-order valence-electron chi connectivity index (χ0n) is 16.1. The van der Waals surface area contributed by atoms with Crippen molar-refractivity contribution in [2.45, 2.75) is 31.7 Å². The molecule has 1 aliphatic heterocycles. The van der Waals surface area contributed by atoms with Crippen LogP contribution < -0.4 is 5.73 Å². The third kappa shape index (κ3) is 4.40. The molecule has 148 valence electrons. The van der Waals surface area contributed by atoms with E-state index in [1.54, 1.807) is 6.20 Å². The Labute approximate surface area is 175 Å². The van der Waals surface area contributed by atoms with Gasteiger partial charge in [0, 0.05) is 23.3 Å². The quantitative estimate of drug-likeness (QED) is 0.683. The number of piperidine rings is 1. The lowest BCUT2D eigenvalue weighted by Gasteiger charge is -2.36. The zero-order valence-corrected chi connectivity index (χ0v) is 16.8. The second kappa shape index (κ2) is 8.62. The number of nitrogens with zero attached hydrogens (tertiary/aromatic N) is 3. The Hall–Kier alpha value is -2.92. The lowest BCUT2D eigenvalue weighted by molar-refractivity contribution is -0.134. The lowest BCUT2D eigenvalue weighted by atomic mass is 9.93. The topological polar surface area (TPSA) is 72.1 Å². The fourth-order valence-corrected chi connectivity index (χ4v) is 4.03. The third-order valence-electron chi connectivity index (χ3n) is 5.33. The maximum Gasteiger partial charge on any atom is 0.227 e. The van der Waals surface area contributed by atoms with Gasteiger partial charge in [0.1, 0.15) is 0 Å². The summed E-state index contributed by atoms with van der Waals surface area (Å²) in [6.07, 6.45) is 5.03. The van der Waals surface area contributed by atoms with Gasteiger partial charge in [-0.25, -0.2) is 9.97 Å². The van der Waals surface area contributed by atoms with Crippen molar-refractivity contribution in [2.24, 2.45) is 0 Å². The highest BCUT2D eigenvalue weighted by atomic mass is 35.5. The Morgan fingerprint density at radius 3 is 2.62 bits per heavy atom. The highest BCUT2D eigenvalue weighted by Gasteiger charge is 2.31. The molecule has 0 bridgehead atoms. The van der Waals surface area contributed by atoms with Crippen LogP contribution in [0.1, 0.15) is 36.6 Å². The average Bonchev–Trinajstić information content (AvgIpc) is 2.75. The maximum absolute atomic E-state index is 13.2. The molecular formula is C23H23ClN4O. The molecule has 0 aliphatic carbocycles. The van der Waals surface area contributed by atoms with E-state index in [0.717, 1.165) is 48.2 Å². The van der Waals surface area contributed by atoms with Crippen LogP contribution in [0.5, 0.6) is 0 Å². The molecule has 1 aliphatic rings. The van der Waals surface area contributed by atoms with Gasteiger partial charge in [0.15, 0.2) is 0 Å². The van der Waals surface area contributed by atoms with Gasteiger partial charge in [-0.3, -0.25) is 4.79 Å². The van der Waals surface area contributed by atoms with E-state index in [9.17, 15) is 4.79 Å². The van der Waals surface area contributed by atoms with Gasteiger partial charge in [-0.1, -0.05) is 54.1 Å². The van der Waals surface area contributed by atoms with E-state index in [1.807, 2.05) is 59.5 Å². The first-order chi connectivity index (χ1) is 14.1. The number of carbonyl (C=O) groups excluding carboxylic acids is 1. The number of hydrogen-bond acceptors (Lipinski definition) is 4. The zero-order chi connectivity index (χ0) is 20.2. The second-order valence-electron chi connectivity index (χ2n) is 7.30. The number of aromatic nitrogens is 2. The first-order valence-electron chi connectivity index (χ1n) is 9.83. The van der Waals surface area contributed by atoms with E-state index in [4.69, 9.17) is 17.3 Å². The van der Waals surface area contributed by atoms with Gasteiger partial charge >= 0.3 is 0 Å². The number of anilines is 1. The van der Waals surface area contributed by atoms with Crippen LogP contribution in [0.25, 0.3) is 11.1 Å². The smallest absolute Gasteiger partial charge is 0.227 e. The summed E-state index contributed by atoms with van der Waals surface area (Å²) in [6, 6.07) is 17.3. The van der Waals surface area contributed by atoms with Crippen LogP contribution in [0.3, 0.4) is 0 Å². The summed E-state index contributed by atoms with van der Waals surface area (Å²) in [6.45, 7) is 0.723. The summed E-state index contributed by atoms with van der Waals surface area (Å²) in [5.74, 6) is 0.332. The molecule has 2 heterocycles. The Balaban J connectivity index is 1.68. The fraction of sp³-hybridized carbons (Fsp3) is 0.261. The van der Waals surface area contributed by atoms with E-state index < -0.39 is 0 Å². The van der Waals surface area contributed by atoms with Gasteiger partial charge in [-0.05, 0) is 42.5 Å². The van der Waals surface area contributed by atoms with Gasteiger partial charge in [-0.15, -0.1) is 0 Å². The van der Waals surface area contributed by atoms with Crippen molar-refractivity contribution < 1.29 is 4.79 Å². The highest BCUT2D eigenvalue weighted by molar-refractivity contribution is 6.30. The molecule has 0 unspecified atom stereocenters. The second-order valence-corrected chi connectivity index (χ2v) is 7.73. The number of nitrogen functional groups attached to an aromatic ring is 1. The highest BCUT2D eigenvalue weighted by Crippen LogP contribution is 2.36. The van der Waals surface area contributed by atoms with E-state index in [0.29, 0.717) is 11.4 Å². The molecule has 2 N–H and O–H groups in total. The van der Waals surface area contributed by atoms with Crippen LogP contribution in [0.4, 0.5) is 5.95 Å². The molecule has 3 aromatic rings. The lowest BCUT2D eigenvalue weighted by Crippen LogP contribution is -2.40. The SMILES string of the molecule is Nc1ncc(-c2ccc(Cl)cc2)c([C@H]2CCCCN2C(=O)Cc2ccccc2)n1. The van der Waals surface area contributed by atoms with Crippen molar-refractivity contribution in [1.29, 1.82) is 0 Å². The fourth-order valence-electron chi connectivity index (χ4n) is 3.90. The van der Waals surface area contributed by atoms with Crippen molar-refractivity contribution in [3.05, 3.63) is 77.1 Å².